The molecule has 27 heavy (non-hydrogen) atoms. The zero-order valence-corrected chi connectivity index (χ0v) is 16.4. The van der Waals surface area contributed by atoms with Gasteiger partial charge in [0.2, 0.25) is 0 Å². The third-order valence-corrected chi connectivity index (χ3v) is 5.42. The first-order chi connectivity index (χ1) is 13.2. The van der Waals surface area contributed by atoms with Crippen molar-refractivity contribution in [3.63, 3.8) is 0 Å². The zero-order valence-electron chi connectivity index (χ0n) is 14.8. The van der Waals surface area contributed by atoms with Gasteiger partial charge < -0.3 is 4.57 Å². The molecule has 0 aliphatic carbocycles. The van der Waals surface area contributed by atoms with E-state index in [2.05, 4.69) is 31.9 Å². The zero-order chi connectivity index (χ0) is 18.6. The van der Waals surface area contributed by atoms with Gasteiger partial charge in [-0.05, 0) is 29.8 Å². The molecular weight excluding hydrogens is 378 g/mol. The molecule has 4 aromatic rings. The Morgan fingerprint density at radius 1 is 0.963 bits per heavy atom. The van der Waals surface area contributed by atoms with Crippen molar-refractivity contribution in [1.82, 2.24) is 24.3 Å². The Hall–Kier alpha value is -2.57. The van der Waals surface area contributed by atoms with Gasteiger partial charge in [0.15, 0.2) is 5.16 Å². The van der Waals surface area contributed by atoms with Crippen LogP contribution in [0.1, 0.15) is 17.2 Å². The first kappa shape index (κ1) is 17.8. The molecule has 136 valence electrons. The number of halogens is 1. The number of rotatable bonds is 6. The predicted molar refractivity (Wildman–Crippen MR) is 108 cm³/mol. The highest BCUT2D eigenvalue weighted by Crippen LogP contribution is 2.26. The number of hydrogen-bond acceptors (Lipinski definition) is 4. The molecule has 0 amide bonds. The second-order valence-corrected chi connectivity index (χ2v) is 7.49. The molecule has 2 aromatic heterocycles. The Morgan fingerprint density at radius 3 is 2.44 bits per heavy atom. The van der Waals surface area contributed by atoms with E-state index in [1.165, 1.54) is 5.56 Å². The minimum atomic E-state index is 0.707. The summed E-state index contributed by atoms with van der Waals surface area (Å²) >= 11 is 7.69. The number of aromatic nitrogens is 5. The summed E-state index contributed by atoms with van der Waals surface area (Å²) < 4.78 is 4.11. The van der Waals surface area contributed by atoms with Crippen LogP contribution in [0.5, 0.6) is 0 Å². The smallest absolute Gasteiger partial charge is 0.196 e. The molecule has 0 aliphatic heterocycles. The van der Waals surface area contributed by atoms with E-state index in [1.54, 1.807) is 18.0 Å². The fraction of sp³-hybridized carbons (Fsp3) is 0.150. The summed E-state index contributed by atoms with van der Waals surface area (Å²) in [4.78, 5) is 4.39. The Balaban J connectivity index is 1.67. The molecule has 4 rings (SSSR count). The summed E-state index contributed by atoms with van der Waals surface area (Å²) in [6.07, 6.45) is 4.46. The van der Waals surface area contributed by atoms with Crippen LogP contribution in [0.2, 0.25) is 5.02 Å². The molecule has 0 radical (unpaired) electrons. The largest absolute Gasteiger partial charge is 0.337 e. The molecule has 0 atom stereocenters. The highest BCUT2D eigenvalue weighted by Gasteiger charge is 2.16. The number of aryl methyl sites for hydroxylation is 1. The lowest BCUT2D eigenvalue weighted by molar-refractivity contribution is 0.832. The van der Waals surface area contributed by atoms with Crippen LogP contribution >= 0.6 is 23.4 Å². The van der Waals surface area contributed by atoms with Crippen molar-refractivity contribution in [3.05, 3.63) is 89.2 Å². The molecule has 0 N–H and O–H groups in total. The summed E-state index contributed by atoms with van der Waals surface area (Å²) in [5.74, 6) is 2.61. The van der Waals surface area contributed by atoms with E-state index in [0.29, 0.717) is 11.4 Å². The monoisotopic (exact) mass is 395 g/mol. The number of nitrogens with zero attached hydrogens (tertiary/aromatic N) is 5. The van der Waals surface area contributed by atoms with E-state index in [4.69, 9.17) is 11.6 Å². The summed E-state index contributed by atoms with van der Waals surface area (Å²) in [6.45, 7) is 0. The lowest BCUT2D eigenvalue weighted by atomic mass is 10.1. The number of benzene rings is 2. The van der Waals surface area contributed by atoms with E-state index in [0.717, 1.165) is 28.2 Å². The highest BCUT2D eigenvalue weighted by atomic mass is 35.5. The Labute approximate surface area is 167 Å². The summed E-state index contributed by atoms with van der Waals surface area (Å²) in [6, 6.07) is 18.0. The number of thioether (sulfide) groups is 1. The maximum absolute atomic E-state index is 6.07. The molecule has 0 saturated heterocycles. The predicted octanol–water partition coefficient (Wildman–Crippen LogP) is 4.54. The summed E-state index contributed by atoms with van der Waals surface area (Å²) in [7, 11) is 1.99. The van der Waals surface area contributed by atoms with Gasteiger partial charge in [0.1, 0.15) is 11.6 Å². The molecule has 2 aromatic carbocycles. The molecular formula is C20H18ClN5S. The lowest BCUT2D eigenvalue weighted by Crippen LogP contribution is -2.04. The first-order valence-electron chi connectivity index (χ1n) is 8.54. The van der Waals surface area contributed by atoms with E-state index in [9.17, 15) is 0 Å². The average molecular weight is 396 g/mol. The van der Waals surface area contributed by atoms with Crippen molar-refractivity contribution in [2.45, 2.75) is 17.3 Å². The van der Waals surface area contributed by atoms with Gasteiger partial charge in [0.25, 0.3) is 0 Å². The first-order valence-corrected chi connectivity index (χ1v) is 9.90. The van der Waals surface area contributed by atoms with Crippen LogP contribution < -0.4 is 0 Å². The SMILES string of the molecule is Cn1ccnc1CSc1nnc(Cc2ccccc2)n1-c1ccc(Cl)cc1. The van der Waals surface area contributed by atoms with Gasteiger partial charge in [-0.15, -0.1) is 10.2 Å². The summed E-state index contributed by atoms with van der Waals surface area (Å²) in [5.41, 5.74) is 2.19. The summed E-state index contributed by atoms with van der Waals surface area (Å²) in [5, 5.41) is 10.5. The van der Waals surface area contributed by atoms with Crippen LogP contribution in [0.15, 0.2) is 72.1 Å². The molecule has 0 aliphatic rings. The van der Waals surface area contributed by atoms with Gasteiger partial charge in [-0.2, -0.15) is 0 Å². The minimum absolute atomic E-state index is 0.707. The van der Waals surface area contributed by atoms with Gasteiger partial charge >= 0.3 is 0 Å². The van der Waals surface area contributed by atoms with Crippen LogP contribution in [0.4, 0.5) is 0 Å². The second kappa shape index (κ2) is 7.98. The third kappa shape index (κ3) is 4.07. The molecule has 5 nitrogen and oxygen atoms in total. The molecule has 0 unspecified atom stereocenters. The van der Waals surface area contributed by atoms with Crippen molar-refractivity contribution >= 4 is 23.4 Å². The molecule has 0 bridgehead atoms. The maximum Gasteiger partial charge on any atom is 0.196 e. The van der Waals surface area contributed by atoms with Gasteiger partial charge in [0.05, 0.1) is 5.75 Å². The van der Waals surface area contributed by atoms with E-state index in [-0.39, 0.29) is 0 Å². The fourth-order valence-corrected chi connectivity index (χ4v) is 3.90. The lowest BCUT2D eigenvalue weighted by Gasteiger charge is -2.10. The van der Waals surface area contributed by atoms with Gasteiger partial charge in [-0.25, -0.2) is 4.98 Å². The average Bonchev–Trinajstić information content (AvgIpc) is 3.27. The standard InChI is InChI=1S/C20H18ClN5S/c1-25-12-11-22-19(25)14-27-20-24-23-18(13-15-5-3-2-4-6-15)26(20)17-9-7-16(21)8-10-17/h2-12H,13-14H2,1H3. The number of imidazole rings is 1. The normalized spacial score (nSPS) is 11.0. The van der Waals surface area contributed by atoms with Crippen molar-refractivity contribution in [3.8, 4) is 5.69 Å². The molecule has 0 saturated carbocycles. The van der Waals surface area contributed by atoms with Gasteiger partial charge in [-0.1, -0.05) is 53.7 Å². The minimum Gasteiger partial charge on any atom is -0.337 e. The van der Waals surface area contributed by atoms with Crippen molar-refractivity contribution in [1.29, 1.82) is 0 Å². The van der Waals surface area contributed by atoms with Crippen molar-refractivity contribution in [2.75, 3.05) is 0 Å². The second-order valence-electron chi connectivity index (χ2n) is 6.12. The van der Waals surface area contributed by atoms with Crippen molar-refractivity contribution < 1.29 is 0 Å². The topological polar surface area (TPSA) is 48.5 Å². The fourth-order valence-electron chi connectivity index (χ4n) is 2.80. The van der Waals surface area contributed by atoms with Gasteiger partial charge in [-0.3, -0.25) is 4.57 Å². The Bertz CT molecular complexity index is 1020. The van der Waals surface area contributed by atoms with Crippen LogP contribution in [0.25, 0.3) is 5.69 Å². The van der Waals surface area contributed by atoms with E-state index < -0.39 is 0 Å². The molecule has 0 fully saturated rings. The van der Waals surface area contributed by atoms with Crippen LogP contribution in [-0.4, -0.2) is 24.3 Å². The Kier molecular flexibility index (Phi) is 5.27. The Morgan fingerprint density at radius 2 is 1.74 bits per heavy atom. The molecule has 2 heterocycles. The van der Waals surface area contributed by atoms with E-state index >= 15 is 0 Å². The number of hydrogen-bond donors (Lipinski definition) is 0. The van der Waals surface area contributed by atoms with Crippen LogP contribution in [0.3, 0.4) is 0 Å². The van der Waals surface area contributed by atoms with Crippen LogP contribution in [-0.2, 0) is 19.2 Å². The van der Waals surface area contributed by atoms with Crippen molar-refractivity contribution in [2.24, 2.45) is 7.05 Å². The van der Waals surface area contributed by atoms with Crippen LogP contribution in [0, 0.1) is 0 Å². The van der Waals surface area contributed by atoms with E-state index in [1.807, 2.05) is 60.3 Å². The molecule has 7 heteroatoms. The molecule has 0 spiro atoms. The maximum atomic E-state index is 6.07. The highest BCUT2D eigenvalue weighted by molar-refractivity contribution is 7.98. The third-order valence-electron chi connectivity index (χ3n) is 4.24. The quantitative estimate of drug-likeness (QED) is 0.450. The van der Waals surface area contributed by atoms with Gasteiger partial charge in [0, 0.05) is 36.6 Å².